The van der Waals surface area contributed by atoms with Gasteiger partial charge in [0.05, 0.1) is 11.8 Å². The number of aryl methyl sites for hydroxylation is 2. The number of para-hydroxylation sites is 2. The zero-order chi connectivity index (χ0) is 24.1. The number of rotatable bonds is 7. The van der Waals surface area contributed by atoms with E-state index in [1.54, 1.807) is 0 Å². The molecule has 6 heteroatoms. The number of anilines is 2. The van der Waals surface area contributed by atoms with Crippen LogP contribution in [0.25, 0.3) is 0 Å². The Kier molecular flexibility index (Phi) is 7.66. The SMILES string of the molecule is CCc1cccc(CC)c1NC(=O)COC(=O)C1CCCCC1C(=O)N1CCc2ccccc21. The number of nitrogens with zero attached hydrogens (tertiary/aromatic N) is 1. The fraction of sp³-hybridized carbons (Fsp3) is 0.464. The van der Waals surface area contributed by atoms with Gasteiger partial charge >= 0.3 is 5.97 Å². The third-order valence-corrected chi connectivity index (χ3v) is 7.15. The molecular formula is C28H34N2O4. The topological polar surface area (TPSA) is 75.7 Å². The smallest absolute Gasteiger partial charge is 0.310 e. The van der Waals surface area contributed by atoms with Crippen LogP contribution in [0.3, 0.4) is 0 Å². The molecule has 1 aliphatic heterocycles. The number of carbonyl (C=O) groups excluding carboxylic acids is 3. The number of hydrogen-bond acceptors (Lipinski definition) is 4. The second-order valence-electron chi connectivity index (χ2n) is 9.18. The highest BCUT2D eigenvalue weighted by Crippen LogP contribution is 2.36. The van der Waals surface area contributed by atoms with Crippen LogP contribution in [0.5, 0.6) is 0 Å². The molecule has 2 unspecified atom stereocenters. The van der Waals surface area contributed by atoms with Gasteiger partial charge in [0.2, 0.25) is 5.91 Å². The van der Waals surface area contributed by atoms with Crippen LogP contribution in [-0.2, 0) is 38.4 Å². The largest absolute Gasteiger partial charge is 0.455 e. The Morgan fingerprint density at radius 1 is 0.941 bits per heavy atom. The minimum absolute atomic E-state index is 0.000474. The van der Waals surface area contributed by atoms with Crippen molar-refractivity contribution in [3.63, 3.8) is 0 Å². The first-order valence-electron chi connectivity index (χ1n) is 12.5. The minimum atomic E-state index is -0.504. The van der Waals surface area contributed by atoms with E-state index in [9.17, 15) is 14.4 Å². The summed E-state index contributed by atoms with van der Waals surface area (Å²) in [6.07, 6.45) is 5.53. The number of hydrogen-bond donors (Lipinski definition) is 1. The Balaban J connectivity index is 1.39. The molecule has 34 heavy (non-hydrogen) atoms. The number of esters is 1. The van der Waals surface area contributed by atoms with Crippen LogP contribution in [0.4, 0.5) is 11.4 Å². The van der Waals surface area contributed by atoms with E-state index in [0.29, 0.717) is 19.4 Å². The summed E-state index contributed by atoms with van der Waals surface area (Å²) in [6.45, 7) is 4.40. The van der Waals surface area contributed by atoms with Crippen molar-refractivity contribution in [3.05, 3.63) is 59.2 Å². The zero-order valence-electron chi connectivity index (χ0n) is 20.1. The molecule has 6 nitrogen and oxygen atoms in total. The van der Waals surface area contributed by atoms with Gasteiger partial charge in [-0.25, -0.2) is 0 Å². The molecule has 1 aliphatic carbocycles. The van der Waals surface area contributed by atoms with Crippen LogP contribution in [0.1, 0.15) is 56.2 Å². The summed E-state index contributed by atoms with van der Waals surface area (Å²) >= 11 is 0. The predicted octanol–water partition coefficient (Wildman–Crippen LogP) is 4.69. The fourth-order valence-electron chi connectivity index (χ4n) is 5.30. The zero-order valence-corrected chi connectivity index (χ0v) is 20.1. The van der Waals surface area contributed by atoms with E-state index in [2.05, 4.69) is 11.4 Å². The van der Waals surface area contributed by atoms with E-state index in [1.807, 2.05) is 55.1 Å². The predicted molar refractivity (Wildman–Crippen MR) is 133 cm³/mol. The van der Waals surface area contributed by atoms with Crippen molar-refractivity contribution in [3.8, 4) is 0 Å². The van der Waals surface area contributed by atoms with Gasteiger partial charge in [-0.15, -0.1) is 0 Å². The van der Waals surface area contributed by atoms with Crippen LogP contribution in [-0.4, -0.2) is 30.9 Å². The van der Waals surface area contributed by atoms with Crippen molar-refractivity contribution in [1.82, 2.24) is 0 Å². The first-order valence-corrected chi connectivity index (χ1v) is 12.5. The highest BCUT2D eigenvalue weighted by atomic mass is 16.5. The lowest BCUT2D eigenvalue weighted by atomic mass is 9.78. The molecule has 0 bridgehead atoms. The standard InChI is InChI=1S/C28H34N2O4/c1-3-19-11-9-12-20(4-2)26(19)29-25(31)18-34-28(33)23-14-7-6-13-22(23)27(32)30-17-16-21-10-5-8-15-24(21)30/h5,8-12,15,22-23H,3-4,6-7,13-14,16-18H2,1-2H3,(H,29,31). The maximum atomic E-state index is 13.4. The molecule has 1 fully saturated rings. The molecule has 0 aromatic heterocycles. The molecule has 2 aromatic rings. The van der Waals surface area contributed by atoms with Crippen LogP contribution < -0.4 is 10.2 Å². The molecule has 2 amide bonds. The molecule has 2 aliphatic rings. The van der Waals surface area contributed by atoms with Gasteiger partial charge in [0, 0.05) is 17.9 Å². The first-order chi connectivity index (χ1) is 16.5. The number of fused-ring (bicyclic) bond motifs is 1. The number of carbonyl (C=O) groups is 3. The third-order valence-electron chi connectivity index (χ3n) is 7.15. The molecule has 0 spiro atoms. The highest BCUT2D eigenvalue weighted by Gasteiger charge is 2.40. The molecule has 2 aromatic carbocycles. The van der Waals surface area contributed by atoms with E-state index in [4.69, 9.17) is 4.74 Å². The van der Waals surface area contributed by atoms with E-state index in [1.165, 1.54) is 5.56 Å². The summed E-state index contributed by atoms with van der Waals surface area (Å²) in [5.41, 5.74) is 5.05. The van der Waals surface area contributed by atoms with Gasteiger partial charge in [-0.05, 0) is 54.9 Å². The van der Waals surface area contributed by atoms with E-state index < -0.39 is 17.8 Å². The summed E-state index contributed by atoms with van der Waals surface area (Å²) in [5, 5.41) is 2.94. The Labute approximate surface area is 201 Å². The molecule has 1 heterocycles. The van der Waals surface area contributed by atoms with Gasteiger partial charge in [0.25, 0.3) is 5.91 Å². The van der Waals surface area contributed by atoms with Crippen LogP contribution in [0.2, 0.25) is 0 Å². The Morgan fingerprint density at radius 3 is 2.32 bits per heavy atom. The monoisotopic (exact) mass is 462 g/mol. The molecule has 0 radical (unpaired) electrons. The summed E-state index contributed by atoms with van der Waals surface area (Å²) in [5.74, 6) is -1.70. The first kappa shape index (κ1) is 24.0. The summed E-state index contributed by atoms with van der Waals surface area (Å²) in [4.78, 5) is 40.9. The highest BCUT2D eigenvalue weighted by molar-refractivity contribution is 5.99. The van der Waals surface area contributed by atoms with Crippen molar-refractivity contribution in [2.45, 2.75) is 58.8 Å². The van der Waals surface area contributed by atoms with Gasteiger partial charge in [0.1, 0.15) is 0 Å². The van der Waals surface area contributed by atoms with Crippen LogP contribution >= 0.6 is 0 Å². The quantitative estimate of drug-likeness (QED) is 0.606. The van der Waals surface area contributed by atoms with Crippen LogP contribution in [0, 0.1) is 11.8 Å². The van der Waals surface area contributed by atoms with E-state index >= 15 is 0 Å². The second kappa shape index (κ2) is 10.9. The number of nitrogens with one attached hydrogen (secondary N) is 1. The molecular weight excluding hydrogens is 428 g/mol. The molecule has 180 valence electrons. The summed E-state index contributed by atoms with van der Waals surface area (Å²) < 4.78 is 5.45. The van der Waals surface area contributed by atoms with Crippen molar-refractivity contribution < 1.29 is 19.1 Å². The maximum absolute atomic E-state index is 13.4. The Morgan fingerprint density at radius 2 is 1.62 bits per heavy atom. The molecule has 1 N–H and O–H groups in total. The molecule has 4 rings (SSSR count). The van der Waals surface area contributed by atoms with Crippen molar-refractivity contribution in [2.75, 3.05) is 23.4 Å². The minimum Gasteiger partial charge on any atom is -0.455 e. The lowest BCUT2D eigenvalue weighted by molar-refractivity contribution is -0.156. The normalized spacial score (nSPS) is 19.4. The van der Waals surface area contributed by atoms with Crippen molar-refractivity contribution in [2.24, 2.45) is 11.8 Å². The van der Waals surface area contributed by atoms with E-state index in [0.717, 1.165) is 54.6 Å². The maximum Gasteiger partial charge on any atom is 0.310 e. The Bertz CT molecular complexity index is 1040. The van der Waals surface area contributed by atoms with Crippen molar-refractivity contribution in [1.29, 1.82) is 0 Å². The van der Waals surface area contributed by atoms with Gasteiger partial charge in [-0.2, -0.15) is 0 Å². The van der Waals surface area contributed by atoms with Gasteiger partial charge in [-0.1, -0.05) is 63.1 Å². The average molecular weight is 463 g/mol. The lowest BCUT2D eigenvalue weighted by Crippen LogP contribution is -2.42. The third kappa shape index (κ3) is 5.01. The van der Waals surface area contributed by atoms with Crippen molar-refractivity contribution >= 4 is 29.2 Å². The summed E-state index contributed by atoms with van der Waals surface area (Å²) in [6, 6.07) is 13.9. The van der Waals surface area contributed by atoms with Gasteiger partial charge in [0.15, 0.2) is 6.61 Å². The fourth-order valence-corrected chi connectivity index (χ4v) is 5.30. The lowest BCUT2D eigenvalue weighted by Gasteiger charge is -2.32. The van der Waals surface area contributed by atoms with Gasteiger partial charge in [-0.3, -0.25) is 14.4 Å². The average Bonchev–Trinajstić information content (AvgIpc) is 3.31. The van der Waals surface area contributed by atoms with Gasteiger partial charge < -0.3 is 15.0 Å². The molecule has 1 saturated carbocycles. The number of amides is 2. The Hall–Kier alpha value is -3.15. The molecule has 0 saturated heterocycles. The number of benzene rings is 2. The molecule has 2 atom stereocenters. The van der Waals surface area contributed by atoms with E-state index in [-0.39, 0.29) is 18.4 Å². The number of ether oxygens (including phenoxy) is 1. The summed E-state index contributed by atoms with van der Waals surface area (Å²) in [7, 11) is 0. The van der Waals surface area contributed by atoms with Crippen LogP contribution in [0.15, 0.2) is 42.5 Å². The second-order valence-corrected chi connectivity index (χ2v) is 9.18.